The van der Waals surface area contributed by atoms with Crippen LogP contribution in [0, 0.1) is 13.8 Å². The molecular weight excluding hydrogens is 486 g/mol. The van der Waals surface area contributed by atoms with Gasteiger partial charge in [0.05, 0.1) is 6.93 Å². The highest BCUT2D eigenvalue weighted by Crippen LogP contribution is 2.43. The molecule has 2 heteroatoms. The van der Waals surface area contributed by atoms with Crippen molar-refractivity contribution in [2.24, 2.45) is 7.05 Å². The average Bonchev–Trinajstić information content (AvgIpc) is 3.35. The lowest BCUT2D eigenvalue weighted by Gasteiger charge is -2.21. The first kappa shape index (κ1) is 21.6. The Morgan fingerprint density at radius 1 is 0.725 bits per heavy atom. The predicted octanol–water partition coefficient (Wildman–Crippen LogP) is 10.3. The third-order valence-corrected chi connectivity index (χ3v) is 8.06. The Labute approximate surface area is 243 Å². The summed E-state index contributed by atoms with van der Waals surface area (Å²) in [6.07, 6.45) is 1.76. The molecule has 0 saturated heterocycles. The summed E-state index contributed by atoms with van der Waals surface area (Å²) >= 11 is 0. The van der Waals surface area contributed by atoms with Gasteiger partial charge in [0, 0.05) is 32.1 Å². The molecule has 6 aromatic rings. The lowest BCUT2D eigenvalue weighted by molar-refractivity contribution is -0.660. The lowest BCUT2D eigenvalue weighted by atomic mass is 9.83. The maximum atomic E-state index is 8.55. The fraction of sp³-hybridized carbons (Fsp3) is 0.237. The Hall–Kier alpha value is -4.17. The molecule has 40 heavy (non-hydrogen) atoms. The second kappa shape index (κ2) is 10.1. The fourth-order valence-electron chi connectivity index (χ4n) is 5.98. The van der Waals surface area contributed by atoms with Gasteiger partial charge in [0.15, 0.2) is 6.20 Å². The van der Waals surface area contributed by atoms with Gasteiger partial charge in [0.2, 0.25) is 5.69 Å². The van der Waals surface area contributed by atoms with Crippen LogP contribution in [0.15, 0.2) is 95.5 Å². The van der Waals surface area contributed by atoms with Crippen LogP contribution in [0.25, 0.3) is 55.4 Å². The molecule has 0 saturated carbocycles. The molecule has 0 radical (unpaired) electrons. The number of benzene rings is 4. The van der Waals surface area contributed by atoms with E-state index >= 15 is 0 Å². The van der Waals surface area contributed by atoms with E-state index in [2.05, 4.69) is 77.1 Å². The summed E-state index contributed by atoms with van der Waals surface area (Å²) in [6, 6.07) is 27.0. The van der Waals surface area contributed by atoms with Crippen LogP contribution < -0.4 is 4.57 Å². The Kier molecular flexibility index (Phi) is 5.46. The normalized spacial score (nSPS) is 13.6. The number of fused-ring (bicyclic) bond motifs is 3. The molecule has 2 heterocycles. The fourth-order valence-corrected chi connectivity index (χ4v) is 5.98. The molecule has 0 N–H and O–H groups in total. The Morgan fingerprint density at radius 3 is 2.10 bits per heavy atom. The van der Waals surface area contributed by atoms with E-state index in [0.717, 1.165) is 66.6 Å². The number of para-hydroxylation sites is 1. The number of aryl methyl sites for hydroxylation is 3. The maximum Gasteiger partial charge on any atom is 0.216 e. The monoisotopic (exact) mass is 528 g/mol. The summed E-state index contributed by atoms with van der Waals surface area (Å²) in [7, 11) is 1.91. The van der Waals surface area contributed by atoms with Gasteiger partial charge in [-0.15, -0.1) is 0 Å². The van der Waals surface area contributed by atoms with E-state index < -0.39 is 6.85 Å². The number of hydrogen-bond donors (Lipinski definition) is 0. The van der Waals surface area contributed by atoms with Gasteiger partial charge in [0.25, 0.3) is 0 Å². The highest BCUT2D eigenvalue weighted by molar-refractivity contribution is 6.13. The average molecular weight is 529 g/mol. The predicted molar refractivity (Wildman–Crippen MR) is 169 cm³/mol. The van der Waals surface area contributed by atoms with Crippen molar-refractivity contribution in [3.8, 4) is 33.5 Å². The van der Waals surface area contributed by atoms with E-state index in [-0.39, 0.29) is 11.8 Å². The number of furan rings is 1. The van der Waals surface area contributed by atoms with E-state index in [1.54, 1.807) is 6.20 Å². The molecule has 0 unspecified atom stereocenters. The van der Waals surface area contributed by atoms with Crippen molar-refractivity contribution in [3.63, 3.8) is 0 Å². The van der Waals surface area contributed by atoms with Gasteiger partial charge < -0.3 is 4.42 Å². The molecule has 0 aliphatic heterocycles. The quantitative estimate of drug-likeness (QED) is 0.203. The standard InChI is InChI=1S/C38H38NO/c1-23(2)28-15-11-16-29(24(3)4)36(28)33-21-34(39(7)22-26(33)6)35-25(5)19-20-32-31-18-12-17-30(37(31)40-38(32)35)27-13-9-8-10-14-27/h8-24H,1-7H3/q+1/i6D3,11D. The van der Waals surface area contributed by atoms with Crippen molar-refractivity contribution in [3.05, 3.63) is 113 Å². The van der Waals surface area contributed by atoms with Crippen LogP contribution >= 0.6 is 0 Å². The second-order valence-corrected chi connectivity index (χ2v) is 11.4. The van der Waals surface area contributed by atoms with Gasteiger partial charge in [-0.3, -0.25) is 0 Å². The molecule has 0 aliphatic rings. The SMILES string of the molecule is [2H]c1cc(C(C)C)c(-c2cc(-c3c(C)ccc4c3oc3c(-c5ccccc5)cccc34)[n+](C)cc2C([2H])([2H])[2H])c(C(C)C)c1. The molecule has 4 aromatic carbocycles. The Balaban J connectivity index is 1.71. The number of hydrogen-bond acceptors (Lipinski definition) is 1. The first-order valence-corrected chi connectivity index (χ1v) is 14.1. The minimum absolute atomic E-state index is 0.103. The molecule has 2 aromatic heterocycles. The first-order chi connectivity index (χ1) is 20.9. The zero-order valence-electron chi connectivity index (χ0n) is 28.1. The van der Waals surface area contributed by atoms with Crippen molar-refractivity contribution in [2.45, 2.75) is 53.3 Å². The zero-order valence-corrected chi connectivity index (χ0v) is 24.1. The highest BCUT2D eigenvalue weighted by Gasteiger charge is 2.25. The largest absolute Gasteiger partial charge is 0.454 e. The summed E-state index contributed by atoms with van der Waals surface area (Å²) in [5.41, 5.74) is 10.4. The van der Waals surface area contributed by atoms with E-state index in [9.17, 15) is 0 Å². The van der Waals surface area contributed by atoms with Crippen LogP contribution in [0.1, 0.15) is 67.3 Å². The molecule has 2 nitrogen and oxygen atoms in total. The van der Waals surface area contributed by atoms with Crippen LogP contribution in [0.4, 0.5) is 0 Å². The van der Waals surface area contributed by atoms with Gasteiger partial charge >= 0.3 is 0 Å². The number of aromatic nitrogens is 1. The van der Waals surface area contributed by atoms with Crippen molar-refractivity contribution in [1.82, 2.24) is 0 Å². The Morgan fingerprint density at radius 2 is 1.43 bits per heavy atom. The number of nitrogens with zero attached hydrogens (tertiary/aromatic N) is 1. The summed E-state index contributed by atoms with van der Waals surface area (Å²) in [4.78, 5) is 0. The molecule has 0 aliphatic carbocycles. The third kappa shape index (κ3) is 4.23. The minimum Gasteiger partial charge on any atom is -0.454 e. The van der Waals surface area contributed by atoms with Gasteiger partial charge in [-0.1, -0.05) is 107 Å². The molecule has 0 amide bonds. The summed E-state index contributed by atoms with van der Waals surface area (Å²) in [5.74, 6) is 0.207. The van der Waals surface area contributed by atoms with Crippen molar-refractivity contribution in [1.29, 1.82) is 0 Å². The van der Waals surface area contributed by atoms with Crippen LogP contribution in [0.3, 0.4) is 0 Å². The number of pyridine rings is 1. The van der Waals surface area contributed by atoms with Crippen LogP contribution in [0.2, 0.25) is 0 Å². The summed E-state index contributed by atoms with van der Waals surface area (Å²) < 4.78 is 42.9. The summed E-state index contributed by atoms with van der Waals surface area (Å²) in [5, 5.41) is 2.06. The van der Waals surface area contributed by atoms with E-state index in [0.29, 0.717) is 17.2 Å². The summed E-state index contributed by atoms with van der Waals surface area (Å²) in [6.45, 7) is 8.15. The van der Waals surface area contributed by atoms with Crippen molar-refractivity contribution < 1.29 is 14.5 Å². The van der Waals surface area contributed by atoms with Gasteiger partial charge in [-0.05, 0) is 59.0 Å². The number of rotatable bonds is 5. The molecule has 0 bridgehead atoms. The highest BCUT2D eigenvalue weighted by atomic mass is 16.3. The zero-order chi connectivity index (χ0) is 31.5. The maximum absolute atomic E-state index is 8.55. The molecule has 0 fully saturated rings. The van der Waals surface area contributed by atoms with Crippen LogP contribution in [-0.2, 0) is 7.05 Å². The van der Waals surface area contributed by atoms with Crippen LogP contribution in [-0.4, -0.2) is 0 Å². The minimum atomic E-state index is -2.33. The molecular formula is C38H38NO+. The molecule has 6 rings (SSSR count). The van der Waals surface area contributed by atoms with E-state index in [4.69, 9.17) is 9.90 Å². The molecule has 200 valence electrons. The third-order valence-electron chi connectivity index (χ3n) is 8.06. The molecule has 0 atom stereocenters. The van der Waals surface area contributed by atoms with E-state index in [1.807, 2.05) is 48.0 Å². The van der Waals surface area contributed by atoms with Gasteiger partial charge in [-0.25, -0.2) is 4.57 Å². The first-order valence-electron chi connectivity index (χ1n) is 16.1. The lowest BCUT2D eigenvalue weighted by Crippen LogP contribution is -2.31. The smallest absolute Gasteiger partial charge is 0.216 e. The second-order valence-electron chi connectivity index (χ2n) is 11.4. The van der Waals surface area contributed by atoms with Gasteiger partial charge in [-0.2, -0.15) is 0 Å². The van der Waals surface area contributed by atoms with Crippen molar-refractivity contribution in [2.75, 3.05) is 0 Å². The van der Waals surface area contributed by atoms with E-state index in [1.165, 1.54) is 0 Å². The topological polar surface area (TPSA) is 17.0 Å². The Bertz CT molecular complexity index is 2010. The molecule has 0 spiro atoms. The van der Waals surface area contributed by atoms with Crippen molar-refractivity contribution >= 4 is 21.9 Å². The van der Waals surface area contributed by atoms with Crippen LogP contribution in [0.5, 0.6) is 0 Å². The van der Waals surface area contributed by atoms with Gasteiger partial charge in [0.1, 0.15) is 18.2 Å².